The van der Waals surface area contributed by atoms with Gasteiger partial charge in [-0.3, -0.25) is 0 Å². The minimum atomic E-state index is 0.362. The van der Waals surface area contributed by atoms with Crippen LogP contribution >= 0.6 is 23.2 Å². The lowest BCUT2D eigenvalue weighted by Gasteiger charge is -1.97. The van der Waals surface area contributed by atoms with Gasteiger partial charge in [0.1, 0.15) is 0 Å². The van der Waals surface area contributed by atoms with Crippen LogP contribution in [0, 0.1) is 0 Å². The topological polar surface area (TPSA) is 51.0 Å². The van der Waals surface area contributed by atoms with E-state index in [1.807, 2.05) is 0 Å². The molecule has 0 amide bonds. The van der Waals surface area contributed by atoms with Crippen molar-refractivity contribution in [3.8, 4) is 11.5 Å². The van der Waals surface area contributed by atoms with Crippen LogP contribution in [0.3, 0.4) is 0 Å². The highest BCUT2D eigenvalue weighted by molar-refractivity contribution is 6.36. The Balaban J connectivity index is 2.44. The van der Waals surface area contributed by atoms with Gasteiger partial charge < -0.3 is 9.84 Å². The van der Waals surface area contributed by atoms with E-state index in [1.165, 1.54) is 0 Å². The predicted octanol–water partition coefficient (Wildman–Crippen LogP) is 3.09. The molecule has 0 aliphatic heterocycles. The number of hydrogen-bond acceptors (Lipinski definition) is 4. The van der Waals surface area contributed by atoms with Crippen molar-refractivity contribution < 1.29 is 4.52 Å². The number of benzene rings is 1. The predicted molar refractivity (Wildman–Crippen MR) is 59.3 cm³/mol. The van der Waals surface area contributed by atoms with Crippen molar-refractivity contribution in [3.63, 3.8) is 0 Å². The third-order valence-electron chi connectivity index (χ3n) is 1.81. The van der Waals surface area contributed by atoms with E-state index in [9.17, 15) is 0 Å². The quantitative estimate of drug-likeness (QED) is 0.881. The van der Waals surface area contributed by atoms with Crippen molar-refractivity contribution in [2.75, 3.05) is 12.4 Å². The van der Waals surface area contributed by atoms with Crippen LogP contribution in [0.25, 0.3) is 11.5 Å². The lowest BCUT2D eigenvalue weighted by molar-refractivity contribution is 0.432. The molecule has 0 saturated heterocycles. The first-order valence-electron chi connectivity index (χ1n) is 4.17. The smallest absolute Gasteiger partial charge is 0.263 e. The maximum absolute atomic E-state index is 5.98. The van der Waals surface area contributed by atoms with Gasteiger partial charge in [0.25, 0.3) is 11.8 Å². The lowest BCUT2D eigenvalue weighted by Crippen LogP contribution is -1.89. The molecule has 1 aromatic heterocycles. The average Bonchev–Trinajstić information content (AvgIpc) is 2.66. The van der Waals surface area contributed by atoms with E-state index in [2.05, 4.69) is 15.5 Å². The van der Waals surface area contributed by atoms with Gasteiger partial charge in [0.15, 0.2) is 0 Å². The summed E-state index contributed by atoms with van der Waals surface area (Å²) in [6.07, 6.45) is 0. The summed E-state index contributed by atoms with van der Waals surface area (Å²) >= 11 is 11.8. The number of nitrogens with zero attached hydrogens (tertiary/aromatic N) is 2. The molecule has 1 aromatic carbocycles. The largest absolute Gasteiger partial charge is 0.355 e. The maximum Gasteiger partial charge on any atom is 0.263 e. The second kappa shape index (κ2) is 4.08. The lowest BCUT2D eigenvalue weighted by atomic mass is 10.2. The molecule has 0 spiro atoms. The Bertz CT molecular complexity index is 484. The number of nitrogens with one attached hydrogen (secondary N) is 1. The number of aromatic nitrogens is 2. The van der Waals surface area contributed by atoms with Crippen LogP contribution < -0.4 is 5.32 Å². The fourth-order valence-electron chi connectivity index (χ4n) is 1.10. The highest BCUT2D eigenvalue weighted by atomic mass is 35.5. The summed E-state index contributed by atoms with van der Waals surface area (Å²) in [6, 6.07) is 5.07. The molecule has 0 radical (unpaired) electrons. The minimum Gasteiger partial charge on any atom is -0.355 e. The molecule has 1 heterocycles. The highest BCUT2D eigenvalue weighted by Crippen LogP contribution is 2.29. The van der Waals surface area contributed by atoms with Crippen molar-refractivity contribution >= 4 is 29.2 Å². The van der Waals surface area contributed by atoms with E-state index >= 15 is 0 Å². The molecule has 0 atom stereocenters. The van der Waals surface area contributed by atoms with Crippen LogP contribution in [0.15, 0.2) is 22.7 Å². The Kier molecular flexibility index (Phi) is 2.79. The molecule has 1 N–H and O–H groups in total. The molecular formula is C9H7Cl2N3O. The van der Waals surface area contributed by atoms with Gasteiger partial charge in [-0.1, -0.05) is 23.2 Å². The van der Waals surface area contributed by atoms with Crippen molar-refractivity contribution in [2.24, 2.45) is 0 Å². The van der Waals surface area contributed by atoms with Crippen molar-refractivity contribution in [1.82, 2.24) is 10.1 Å². The molecule has 0 bridgehead atoms. The van der Waals surface area contributed by atoms with E-state index in [4.69, 9.17) is 27.7 Å². The molecule has 0 fully saturated rings. The number of rotatable bonds is 2. The molecule has 0 aliphatic carbocycles. The fraction of sp³-hybridized carbons (Fsp3) is 0.111. The summed E-state index contributed by atoms with van der Waals surface area (Å²) in [5, 5.41) is 7.50. The van der Waals surface area contributed by atoms with Crippen LogP contribution in [0.1, 0.15) is 0 Å². The van der Waals surface area contributed by atoms with Crippen LogP contribution in [0.2, 0.25) is 10.0 Å². The second-order valence-electron chi connectivity index (χ2n) is 2.80. The third kappa shape index (κ3) is 2.06. The zero-order valence-electron chi connectivity index (χ0n) is 7.79. The first kappa shape index (κ1) is 10.3. The standard InChI is InChI=1S/C9H7Cl2N3O/c1-12-9-13-8(15-14-9)6-3-2-5(10)4-7(6)11/h2-4H,1H3,(H,12,14). The Labute approximate surface area is 96.2 Å². The van der Waals surface area contributed by atoms with E-state index in [1.54, 1.807) is 25.2 Å². The molecule has 0 aliphatic rings. The molecular weight excluding hydrogens is 237 g/mol. The molecule has 15 heavy (non-hydrogen) atoms. The van der Waals surface area contributed by atoms with Crippen LogP contribution in [-0.2, 0) is 0 Å². The summed E-state index contributed by atoms with van der Waals surface area (Å²) < 4.78 is 5.01. The average molecular weight is 244 g/mol. The molecule has 78 valence electrons. The van der Waals surface area contributed by atoms with Gasteiger partial charge in [-0.25, -0.2) is 0 Å². The van der Waals surface area contributed by atoms with Gasteiger partial charge in [0, 0.05) is 12.1 Å². The SMILES string of the molecule is CNc1noc(-c2ccc(Cl)cc2Cl)n1. The first-order chi connectivity index (χ1) is 7.20. The molecule has 0 saturated carbocycles. The van der Waals surface area contributed by atoms with Crippen molar-refractivity contribution in [1.29, 1.82) is 0 Å². The highest BCUT2D eigenvalue weighted by Gasteiger charge is 2.11. The van der Waals surface area contributed by atoms with Crippen LogP contribution in [-0.4, -0.2) is 17.2 Å². The van der Waals surface area contributed by atoms with Gasteiger partial charge >= 0.3 is 0 Å². The summed E-state index contributed by atoms with van der Waals surface area (Å²) in [4.78, 5) is 4.07. The Morgan fingerprint density at radius 1 is 1.33 bits per heavy atom. The van der Waals surface area contributed by atoms with E-state index in [0.717, 1.165) is 0 Å². The first-order valence-corrected chi connectivity index (χ1v) is 4.93. The zero-order chi connectivity index (χ0) is 10.8. The fourth-order valence-corrected chi connectivity index (χ4v) is 1.59. The molecule has 4 nitrogen and oxygen atoms in total. The van der Waals surface area contributed by atoms with Crippen molar-refractivity contribution in [2.45, 2.75) is 0 Å². The minimum absolute atomic E-state index is 0.362. The number of halogens is 2. The molecule has 2 aromatic rings. The Hall–Kier alpha value is -1.26. The maximum atomic E-state index is 5.98. The van der Waals surface area contributed by atoms with E-state index in [0.29, 0.717) is 27.4 Å². The van der Waals surface area contributed by atoms with E-state index in [-0.39, 0.29) is 0 Å². The van der Waals surface area contributed by atoms with E-state index < -0.39 is 0 Å². The summed E-state index contributed by atoms with van der Waals surface area (Å²) in [6.45, 7) is 0. The van der Waals surface area contributed by atoms with Gasteiger partial charge in [0.2, 0.25) is 0 Å². The zero-order valence-corrected chi connectivity index (χ0v) is 9.30. The van der Waals surface area contributed by atoms with Gasteiger partial charge in [-0.15, -0.1) is 0 Å². The summed E-state index contributed by atoms with van der Waals surface area (Å²) in [5.41, 5.74) is 0.662. The van der Waals surface area contributed by atoms with Crippen LogP contribution in [0.4, 0.5) is 5.95 Å². The summed E-state index contributed by atoms with van der Waals surface area (Å²) in [5.74, 6) is 0.775. The molecule has 0 unspecified atom stereocenters. The number of anilines is 1. The number of hydrogen-bond donors (Lipinski definition) is 1. The molecule has 6 heteroatoms. The Morgan fingerprint density at radius 2 is 2.13 bits per heavy atom. The van der Waals surface area contributed by atoms with Crippen molar-refractivity contribution in [3.05, 3.63) is 28.2 Å². The second-order valence-corrected chi connectivity index (χ2v) is 3.64. The normalized spacial score (nSPS) is 10.3. The summed E-state index contributed by atoms with van der Waals surface area (Å²) in [7, 11) is 1.71. The molecule has 2 rings (SSSR count). The monoisotopic (exact) mass is 243 g/mol. The van der Waals surface area contributed by atoms with Crippen LogP contribution in [0.5, 0.6) is 0 Å². The third-order valence-corrected chi connectivity index (χ3v) is 2.36. The van der Waals surface area contributed by atoms with Gasteiger partial charge in [-0.2, -0.15) is 4.98 Å². The Morgan fingerprint density at radius 3 is 2.73 bits per heavy atom. The van der Waals surface area contributed by atoms with Gasteiger partial charge in [-0.05, 0) is 23.4 Å². The van der Waals surface area contributed by atoms with Gasteiger partial charge in [0.05, 0.1) is 10.6 Å².